The van der Waals surface area contributed by atoms with Crippen molar-refractivity contribution in [1.82, 2.24) is 9.97 Å². The van der Waals surface area contributed by atoms with Gasteiger partial charge in [0.1, 0.15) is 0 Å². The van der Waals surface area contributed by atoms with Crippen LogP contribution in [0.4, 0.5) is 10.8 Å². The van der Waals surface area contributed by atoms with Gasteiger partial charge in [-0.15, -0.1) is 11.3 Å². The van der Waals surface area contributed by atoms with Gasteiger partial charge in [-0.1, -0.05) is 24.3 Å². The Balaban J connectivity index is 1.66. The van der Waals surface area contributed by atoms with Gasteiger partial charge in [-0.3, -0.25) is 4.98 Å². The van der Waals surface area contributed by atoms with E-state index in [0.29, 0.717) is 4.90 Å². The molecule has 0 bridgehead atoms. The quantitative estimate of drug-likeness (QED) is 0.472. The first-order chi connectivity index (χ1) is 13.9. The average Bonchev–Trinajstić information content (AvgIpc) is 3.16. The lowest BCUT2D eigenvalue weighted by Crippen LogP contribution is -1.96. The number of thiazole rings is 1. The van der Waals surface area contributed by atoms with Gasteiger partial charge in [-0.25, -0.2) is 13.4 Å². The summed E-state index contributed by atoms with van der Waals surface area (Å²) in [6.45, 7) is 2.05. The Bertz CT molecular complexity index is 1260. The summed E-state index contributed by atoms with van der Waals surface area (Å²) in [7, 11) is -3.23. The predicted molar refractivity (Wildman–Crippen MR) is 118 cm³/mol. The van der Waals surface area contributed by atoms with E-state index in [1.165, 1.54) is 23.2 Å². The Morgan fingerprint density at radius 1 is 1.00 bits per heavy atom. The van der Waals surface area contributed by atoms with Gasteiger partial charge < -0.3 is 5.32 Å². The largest absolute Gasteiger partial charge is 0.332 e. The summed E-state index contributed by atoms with van der Waals surface area (Å²) in [5.74, 6) is 0. The van der Waals surface area contributed by atoms with Gasteiger partial charge in [0.15, 0.2) is 15.0 Å². The van der Waals surface area contributed by atoms with Crippen LogP contribution in [0.3, 0.4) is 0 Å². The first-order valence-corrected chi connectivity index (χ1v) is 11.7. The normalized spacial score (nSPS) is 11.4. The van der Waals surface area contributed by atoms with Crippen LogP contribution in [0.25, 0.3) is 22.4 Å². The molecule has 2 heterocycles. The molecule has 7 heteroatoms. The van der Waals surface area contributed by atoms with Crippen molar-refractivity contribution in [1.29, 1.82) is 0 Å². The molecule has 0 amide bonds. The molecule has 0 radical (unpaired) electrons. The molecule has 4 rings (SSSR count). The van der Waals surface area contributed by atoms with Crippen molar-refractivity contribution in [2.75, 3.05) is 11.6 Å². The average molecular weight is 422 g/mol. The fourth-order valence-corrected chi connectivity index (χ4v) is 4.39. The monoisotopic (exact) mass is 421 g/mol. The standard InChI is InChI=1S/C22H19N3O2S2/c1-15-4-3-5-17(12-15)24-22-25-21(14-28-22)19-10-11-23-13-20(19)16-6-8-18(9-7-16)29(2,26)27/h3-14H,1-2H3,(H,24,25). The number of aromatic nitrogens is 2. The summed E-state index contributed by atoms with van der Waals surface area (Å²) in [6, 6.07) is 16.9. The first kappa shape index (κ1) is 19.3. The van der Waals surface area contributed by atoms with E-state index in [2.05, 4.69) is 29.4 Å². The van der Waals surface area contributed by atoms with Gasteiger partial charge in [0.2, 0.25) is 0 Å². The van der Waals surface area contributed by atoms with Crippen LogP contribution in [0, 0.1) is 6.92 Å². The summed E-state index contributed by atoms with van der Waals surface area (Å²) >= 11 is 1.53. The highest BCUT2D eigenvalue weighted by Gasteiger charge is 2.13. The molecule has 146 valence electrons. The Morgan fingerprint density at radius 2 is 1.79 bits per heavy atom. The molecule has 2 aromatic carbocycles. The number of pyridine rings is 1. The lowest BCUT2D eigenvalue weighted by molar-refractivity contribution is 0.602. The number of hydrogen-bond acceptors (Lipinski definition) is 6. The van der Waals surface area contributed by atoms with Crippen molar-refractivity contribution in [3.63, 3.8) is 0 Å². The number of sulfone groups is 1. The second-order valence-electron chi connectivity index (χ2n) is 6.75. The maximum Gasteiger partial charge on any atom is 0.187 e. The molecular weight excluding hydrogens is 402 g/mol. The molecule has 0 atom stereocenters. The van der Waals surface area contributed by atoms with Gasteiger partial charge in [0.25, 0.3) is 0 Å². The molecule has 0 aliphatic heterocycles. The van der Waals surface area contributed by atoms with Crippen LogP contribution in [0.2, 0.25) is 0 Å². The number of anilines is 2. The predicted octanol–water partition coefficient (Wildman–Crippen LogP) is 5.33. The molecule has 1 N–H and O–H groups in total. The molecule has 0 saturated carbocycles. The third-order valence-electron chi connectivity index (χ3n) is 4.46. The van der Waals surface area contributed by atoms with Crippen molar-refractivity contribution in [3.8, 4) is 22.4 Å². The minimum absolute atomic E-state index is 0.296. The topological polar surface area (TPSA) is 72.0 Å². The molecule has 0 saturated heterocycles. The Labute approximate surface area is 174 Å². The van der Waals surface area contributed by atoms with E-state index in [4.69, 9.17) is 4.98 Å². The molecule has 2 aromatic heterocycles. The van der Waals surface area contributed by atoms with Crippen LogP contribution < -0.4 is 5.32 Å². The molecule has 0 unspecified atom stereocenters. The third-order valence-corrected chi connectivity index (χ3v) is 6.35. The van der Waals surface area contributed by atoms with Crippen LogP contribution in [-0.4, -0.2) is 24.6 Å². The number of rotatable bonds is 5. The zero-order valence-corrected chi connectivity index (χ0v) is 17.6. The Kier molecular flexibility index (Phi) is 5.17. The summed E-state index contributed by atoms with van der Waals surface area (Å²) in [5, 5.41) is 6.15. The number of benzene rings is 2. The van der Waals surface area contributed by atoms with Crippen LogP contribution in [0.15, 0.2) is 77.3 Å². The molecular formula is C22H19N3O2S2. The van der Waals surface area contributed by atoms with Crippen LogP contribution in [0.5, 0.6) is 0 Å². The van der Waals surface area contributed by atoms with E-state index in [9.17, 15) is 8.42 Å². The molecule has 0 aliphatic carbocycles. The highest BCUT2D eigenvalue weighted by molar-refractivity contribution is 7.90. The molecule has 5 nitrogen and oxygen atoms in total. The Hall–Kier alpha value is -3.03. The number of hydrogen-bond donors (Lipinski definition) is 1. The first-order valence-electron chi connectivity index (χ1n) is 8.94. The molecule has 0 aliphatic rings. The maximum absolute atomic E-state index is 11.7. The smallest absolute Gasteiger partial charge is 0.187 e. The van der Waals surface area contributed by atoms with E-state index in [-0.39, 0.29) is 0 Å². The van der Waals surface area contributed by atoms with E-state index >= 15 is 0 Å². The zero-order valence-electron chi connectivity index (χ0n) is 16.0. The summed E-state index contributed by atoms with van der Waals surface area (Å²) in [6.07, 6.45) is 4.71. The summed E-state index contributed by atoms with van der Waals surface area (Å²) in [5.41, 5.74) is 5.76. The number of nitrogens with zero attached hydrogens (tertiary/aromatic N) is 2. The van der Waals surface area contributed by atoms with Crippen molar-refractivity contribution < 1.29 is 8.42 Å². The third kappa shape index (κ3) is 4.36. The van der Waals surface area contributed by atoms with Crippen molar-refractivity contribution in [2.24, 2.45) is 0 Å². The van der Waals surface area contributed by atoms with Crippen LogP contribution in [0.1, 0.15) is 5.56 Å². The lowest BCUT2D eigenvalue weighted by Gasteiger charge is -2.08. The van der Waals surface area contributed by atoms with E-state index in [0.717, 1.165) is 33.2 Å². The van der Waals surface area contributed by atoms with Gasteiger partial charge >= 0.3 is 0 Å². The second-order valence-corrected chi connectivity index (χ2v) is 9.62. The van der Waals surface area contributed by atoms with Crippen LogP contribution >= 0.6 is 11.3 Å². The summed E-state index contributed by atoms with van der Waals surface area (Å²) in [4.78, 5) is 9.27. The van der Waals surface area contributed by atoms with E-state index < -0.39 is 9.84 Å². The highest BCUT2D eigenvalue weighted by Crippen LogP contribution is 2.34. The molecule has 0 fully saturated rings. The maximum atomic E-state index is 11.7. The lowest BCUT2D eigenvalue weighted by atomic mass is 10.0. The minimum Gasteiger partial charge on any atom is -0.332 e. The van der Waals surface area contributed by atoms with E-state index in [1.807, 2.05) is 23.6 Å². The van der Waals surface area contributed by atoms with Gasteiger partial charge in [-0.2, -0.15) is 0 Å². The van der Waals surface area contributed by atoms with E-state index in [1.54, 1.807) is 36.7 Å². The van der Waals surface area contributed by atoms with Gasteiger partial charge in [0, 0.05) is 40.8 Å². The SMILES string of the molecule is Cc1cccc(Nc2nc(-c3ccncc3-c3ccc(S(C)(=O)=O)cc3)cs2)c1. The van der Waals surface area contributed by atoms with Crippen LogP contribution in [-0.2, 0) is 9.84 Å². The molecule has 4 aromatic rings. The fourth-order valence-electron chi connectivity index (χ4n) is 3.03. The molecule has 0 spiro atoms. The highest BCUT2D eigenvalue weighted by atomic mass is 32.2. The second kappa shape index (κ2) is 7.77. The summed E-state index contributed by atoms with van der Waals surface area (Å²) < 4.78 is 23.4. The van der Waals surface area contributed by atoms with Gasteiger partial charge in [0.05, 0.1) is 10.6 Å². The van der Waals surface area contributed by atoms with Crippen molar-refractivity contribution in [2.45, 2.75) is 11.8 Å². The number of aryl methyl sites for hydroxylation is 1. The van der Waals surface area contributed by atoms with Crippen molar-refractivity contribution in [3.05, 3.63) is 77.9 Å². The fraction of sp³-hybridized carbons (Fsp3) is 0.0909. The van der Waals surface area contributed by atoms with Gasteiger partial charge in [-0.05, 0) is 48.4 Å². The zero-order chi connectivity index (χ0) is 20.4. The number of nitrogens with one attached hydrogen (secondary N) is 1. The Morgan fingerprint density at radius 3 is 2.52 bits per heavy atom. The minimum atomic E-state index is -3.23. The van der Waals surface area contributed by atoms with Crippen molar-refractivity contribution >= 4 is 32.0 Å². The molecule has 29 heavy (non-hydrogen) atoms.